The Morgan fingerprint density at radius 2 is 1.05 bits per heavy atom. The van der Waals surface area contributed by atoms with Crippen LogP contribution in [0, 0.1) is 11.6 Å². The van der Waals surface area contributed by atoms with E-state index in [4.69, 9.17) is 4.74 Å². The molecule has 8 heteroatoms. The normalized spacial score (nSPS) is 10.5. The highest BCUT2D eigenvalue weighted by Crippen LogP contribution is 2.32. The highest BCUT2D eigenvalue weighted by Gasteiger charge is 2.14. The van der Waals surface area contributed by atoms with Crippen LogP contribution in [0.2, 0.25) is 0 Å². The molecule has 2 aromatic heterocycles. The summed E-state index contributed by atoms with van der Waals surface area (Å²) in [5.41, 5.74) is 3.68. The standard InChI is InChI=1S/C16H13FN2O.C15H11FN2O/c1-20-16-9-5-2-6-12(16)14-10-11-18-19(14)15-8-4-3-7-13(15)17;16-12-6-2-3-7-14(12)18-13(9-10-17-18)11-5-1-4-8-15(11)19/h2-11H,1H3;1-10,19H. The third kappa shape index (κ3) is 5.26. The molecule has 1 N–H and O–H groups in total. The molecule has 6 rings (SSSR count). The highest BCUT2D eigenvalue weighted by atomic mass is 19.1. The monoisotopic (exact) mass is 522 g/mol. The molecular formula is C31H24F2N4O2. The molecule has 0 atom stereocenters. The maximum absolute atomic E-state index is 13.9. The molecular weight excluding hydrogens is 498 g/mol. The van der Waals surface area contributed by atoms with Crippen molar-refractivity contribution in [3.63, 3.8) is 0 Å². The molecule has 39 heavy (non-hydrogen) atoms. The van der Waals surface area contributed by atoms with Crippen molar-refractivity contribution in [2.45, 2.75) is 0 Å². The van der Waals surface area contributed by atoms with E-state index < -0.39 is 0 Å². The Morgan fingerprint density at radius 1 is 0.590 bits per heavy atom. The van der Waals surface area contributed by atoms with Crippen LogP contribution in [-0.4, -0.2) is 31.8 Å². The zero-order valence-electron chi connectivity index (χ0n) is 20.9. The van der Waals surface area contributed by atoms with E-state index in [1.807, 2.05) is 36.4 Å². The fourth-order valence-corrected chi connectivity index (χ4v) is 4.19. The predicted octanol–water partition coefficient (Wildman–Crippen LogP) is 7.07. The lowest BCUT2D eigenvalue weighted by atomic mass is 10.1. The minimum Gasteiger partial charge on any atom is -0.507 e. The molecule has 0 bridgehead atoms. The number of ether oxygens (including phenoxy) is 1. The van der Waals surface area contributed by atoms with Gasteiger partial charge in [0, 0.05) is 11.1 Å². The van der Waals surface area contributed by atoms with Gasteiger partial charge in [-0.2, -0.15) is 10.2 Å². The quantitative estimate of drug-likeness (QED) is 0.263. The number of aromatic nitrogens is 4. The molecule has 0 spiro atoms. The van der Waals surface area contributed by atoms with E-state index in [9.17, 15) is 13.9 Å². The Morgan fingerprint density at radius 3 is 1.59 bits per heavy atom. The summed E-state index contributed by atoms with van der Waals surface area (Å²) >= 11 is 0. The Balaban J connectivity index is 0.000000158. The number of para-hydroxylation sites is 4. The van der Waals surface area contributed by atoms with Gasteiger partial charge in [0.2, 0.25) is 0 Å². The number of phenols is 1. The van der Waals surface area contributed by atoms with Gasteiger partial charge in [0.25, 0.3) is 0 Å². The number of aromatic hydroxyl groups is 1. The number of halogens is 2. The zero-order valence-corrected chi connectivity index (χ0v) is 20.9. The van der Waals surface area contributed by atoms with E-state index in [2.05, 4.69) is 10.2 Å². The van der Waals surface area contributed by atoms with Crippen molar-refractivity contribution < 1.29 is 18.6 Å². The van der Waals surface area contributed by atoms with Gasteiger partial charge in [0.15, 0.2) is 0 Å². The second kappa shape index (κ2) is 11.4. The number of hydrogen-bond acceptors (Lipinski definition) is 4. The van der Waals surface area contributed by atoms with Crippen LogP contribution in [0.1, 0.15) is 0 Å². The molecule has 0 amide bonds. The van der Waals surface area contributed by atoms with E-state index in [-0.39, 0.29) is 17.4 Å². The van der Waals surface area contributed by atoms with Crippen LogP contribution in [0.5, 0.6) is 11.5 Å². The van der Waals surface area contributed by atoms with Gasteiger partial charge in [-0.15, -0.1) is 0 Å². The van der Waals surface area contributed by atoms with E-state index in [1.54, 1.807) is 84.8 Å². The summed E-state index contributed by atoms with van der Waals surface area (Å²) in [4.78, 5) is 0. The van der Waals surface area contributed by atoms with E-state index in [1.165, 1.54) is 16.8 Å². The third-order valence-electron chi connectivity index (χ3n) is 6.01. The maximum Gasteiger partial charge on any atom is 0.148 e. The van der Waals surface area contributed by atoms with Crippen molar-refractivity contribution in [3.05, 3.63) is 133 Å². The van der Waals surface area contributed by atoms with Gasteiger partial charge in [-0.25, -0.2) is 18.1 Å². The Bertz CT molecular complexity index is 1650. The molecule has 0 fully saturated rings. The molecule has 194 valence electrons. The van der Waals surface area contributed by atoms with E-state index in [0.29, 0.717) is 22.6 Å². The van der Waals surface area contributed by atoms with Crippen molar-refractivity contribution >= 4 is 0 Å². The lowest BCUT2D eigenvalue weighted by molar-refractivity contribution is 0.416. The van der Waals surface area contributed by atoms with Crippen LogP contribution >= 0.6 is 0 Å². The number of phenolic OH excluding ortho intramolecular Hbond substituents is 1. The molecule has 0 aliphatic heterocycles. The minimum atomic E-state index is -0.358. The summed E-state index contributed by atoms with van der Waals surface area (Å²) in [6, 6.07) is 31.0. The average Bonchev–Trinajstić information content (AvgIpc) is 3.65. The molecule has 0 radical (unpaired) electrons. The lowest BCUT2D eigenvalue weighted by Gasteiger charge is -2.11. The maximum atomic E-state index is 13.9. The van der Waals surface area contributed by atoms with Gasteiger partial charge >= 0.3 is 0 Å². The molecule has 6 aromatic rings. The fourth-order valence-electron chi connectivity index (χ4n) is 4.19. The first-order chi connectivity index (χ1) is 19.1. The summed E-state index contributed by atoms with van der Waals surface area (Å²) < 4.78 is 36.2. The van der Waals surface area contributed by atoms with Crippen LogP contribution in [0.4, 0.5) is 8.78 Å². The molecule has 4 aromatic carbocycles. The molecule has 0 aliphatic rings. The summed E-state index contributed by atoms with van der Waals surface area (Å²) in [6.45, 7) is 0. The van der Waals surface area contributed by atoms with Crippen LogP contribution in [0.15, 0.2) is 122 Å². The molecule has 0 saturated carbocycles. The Hall–Kier alpha value is -5.24. The summed E-state index contributed by atoms with van der Waals surface area (Å²) in [6.07, 6.45) is 3.22. The average molecular weight is 523 g/mol. The summed E-state index contributed by atoms with van der Waals surface area (Å²) in [5, 5.41) is 18.2. The SMILES string of the molecule is COc1ccccc1-c1ccnn1-c1ccccc1F.Oc1ccccc1-c1ccnn1-c1ccccc1F. The minimum absolute atomic E-state index is 0.139. The topological polar surface area (TPSA) is 65.1 Å². The highest BCUT2D eigenvalue weighted by molar-refractivity contribution is 5.69. The smallest absolute Gasteiger partial charge is 0.148 e. The summed E-state index contributed by atoms with van der Waals surface area (Å²) in [7, 11) is 1.61. The van der Waals surface area contributed by atoms with Crippen LogP contribution in [-0.2, 0) is 0 Å². The van der Waals surface area contributed by atoms with E-state index in [0.717, 1.165) is 17.0 Å². The van der Waals surface area contributed by atoms with Gasteiger partial charge < -0.3 is 9.84 Å². The lowest BCUT2D eigenvalue weighted by Crippen LogP contribution is -2.02. The Kier molecular flexibility index (Phi) is 7.45. The zero-order chi connectivity index (χ0) is 27.2. The number of rotatable bonds is 5. The molecule has 0 aliphatic carbocycles. The van der Waals surface area contributed by atoms with Crippen molar-refractivity contribution in [1.29, 1.82) is 0 Å². The van der Waals surface area contributed by atoms with Crippen molar-refractivity contribution in [2.24, 2.45) is 0 Å². The summed E-state index contributed by atoms with van der Waals surface area (Å²) in [5.74, 6) is 0.196. The van der Waals surface area contributed by atoms with Crippen LogP contribution in [0.3, 0.4) is 0 Å². The molecule has 6 nitrogen and oxygen atoms in total. The third-order valence-corrected chi connectivity index (χ3v) is 6.01. The second-order valence-electron chi connectivity index (χ2n) is 8.38. The first-order valence-electron chi connectivity index (χ1n) is 12.1. The van der Waals surface area contributed by atoms with Gasteiger partial charge in [-0.3, -0.25) is 0 Å². The predicted molar refractivity (Wildman–Crippen MR) is 146 cm³/mol. The number of nitrogens with zero attached hydrogens (tertiary/aromatic N) is 4. The molecule has 2 heterocycles. The van der Waals surface area contributed by atoms with Crippen LogP contribution in [0.25, 0.3) is 33.9 Å². The van der Waals surface area contributed by atoms with Crippen molar-refractivity contribution in [1.82, 2.24) is 19.6 Å². The van der Waals surface area contributed by atoms with Crippen LogP contribution < -0.4 is 4.74 Å². The first-order valence-corrected chi connectivity index (χ1v) is 12.1. The van der Waals surface area contributed by atoms with Gasteiger partial charge in [0.1, 0.15) is 34.5 Å². The van der Waals surface area contributed by atoms with Crippen molar-refractivity contribution in [2.75, 3.05) is 7.11 Å². The fraction of sp³-hybridized carbons (Fsp3) is 0.0323. The largest absolute Gasteiger partial charge is 0.507 e. The number of hydrogen-bond donors (Lipinski definition) is 1. The molecule has 0 saturated heterocycles. The van der Waals surface area contributed by atoms with E-state index >= 15 is 0 Å². The van der Waals surface area contributed by atoms with Crippen molar-refractivity contribution in [3.8, 4) is 45.4 Å². The van der Waals surface area contributed by atoms with Gasteiger partial charge in [-0.1, -0.05) is 48.5 Å². The number of methoxy groups -OCH3 is 1. The molecule has 0 unspecified atom stereocenters. The first kappa shape index (κ1) is 25.4. The second-order valence-corrected chi connectivity index (χ2v) is 8.38. The van der Waals surface area contributed by atoms with Gasteiger partial charge in [-0.05, 0) is 60.7 Å². The number of benzene rings is 4. The Labute approximate surface area is 224 Å². The van der Waals surface area contributed by atoms with Gasteiger partial charge in [0.05, 0.1) is 30.9 Å².